The molecule has 1 saturated heterocycles. The Morgan fingerprint density at radius 3 is 2.52 bits per heavy atom. The monoisotopic (exact) mass is 363 g/mol. The van der Waals surface area contributed by atoms with Crippen molar-refractivity contribution in [2.24, 2.45) is 0 Å². The van der Waals surface area contributed by atoms with Crippen molar-refractivity contribution in [3.8, 4) is 5.75 Å². The molecular formula is C22H21NO4. The summed E-state index contributed by atoms with van der Waals surface area (Å²) in [6.45, 7) is 4.47. The van der Waals surface area contributed by atoms with Gasteiger partial charge in [-0.05, 0) is 17.7 Å². The van der Waals surface area contributed by atoms with Gasteiger partial charge >= 0.3 is 0 Å². The van der Waals surface area contributed by atoms with Gasteiger partial charge in [-0.3, -0.25) is 14.5 Å². The number of hydrogen-bond donors (Lipinski definition) is 0. The third-order valence-electron chi connectivity index (χ3n) is 4.89. The summed E-state index contributed by atoms with van der Waals surface area (Å²) in [5.41, 5.74) is 1.95. The standard InChI is InChI=1S/C22H21NO4/c24-19-15-18(16-5-2-1-3-6-16)22(25)17-7-4-8-20(21(17)19)27-14-11-23-9-12-26-13-10-23/h1-8,15H,9-14H2. The van der Waals surface area contributed by atoms with E-state index in [4.69, 9.17) is 9.47 Å². The van der Waals surface area contributed by atoms with Crippen molar-refractivity contribution in [3.05, 3.63) is 71.3 Å². The second kappa shape index (κ2) is 7.86. The van der Waals surface area contributed by atoms with Crippen molar-refractivity contribution in [1.82, 2.24) is 4.90 Å². The number of fused-ring (bicyclic) bond motifs is 1. The number of ketones is 2. The zero-order valence-electron chi connectivity index (χ0n) is 15.0. The lowest BCUT2D eigenvalue weighted by atomic mass is 9.86. The Balaban J connectivity index is 1.54. The predicted octanol–water partition coefficient (Wildman–Crippen LogP) is 2.86. The molecule has 4 rings (SSSR count). The van der Waals surface area contributed by atoms with Crippen LogP contribution in [-0.2, 0) is 4.74 Å². The molecule has 0 amide bonds. The van der Waals surface area contributed by atoms with Crippen molar-refractivity contribution in [1.29, 1.82) is 0 Å². The van der Waals surface area contributed by atoms with Crippen LogP contribution in [0.15, 0.2) is 54.6 Å². The molecule has 1 aliphatic heterocycles. The summed E-state index contributed by atoms with van der Waals surface area (Å²) in [5, 5.41) is 0. The minimum atomic E-state index is -0.189. The molecule has 5 nitrogen and oxygen atoms in total. The molecule has 2 aromatic carbocycles. The number of hydrogen-bond acceptors (Lipinski definition) is 5. The lowest BCUT2D eigenvalue weighted by Crippen LogP contribution is -2.38. The third-order valence-corrected chi connectivity index (χ3v) is 4.89. The molecule has 1 fully saturated rings. The Morgan fingerprint density at radius 2 is 1.74 bits per heavy atom. The van der Waals surface area contributed by atoms with Crippen molar-refractivity contribution in [3.63, 3.8) is 0 Å². The van der Waals surface area contributed by atoms with Crippen LogP contribution in [0.25, 0.3) is 5.57 Å². The maximum absolute atomic E-state index is 12.9. The predicted molar refractivity (Wildman–Crippen MR) is 102 cm³/mol. The molecule has 138 valence electrons. The topological polar surface area (TPSA) is 55.8 Å². The van der Waals surface area contributed by atoms with Gasteiger partial charge in [0.2, 0.25) is 0 Å². The minimum absolute atomic E-state index is 0.144. The molecule has 0 spiro atoms. The first-order chi connectivity index (χ1) is 13.2. The highest BCUT2D eigenvalue weighted by Gasteiger charge is 2.29. The van der Waals surface area contributed by atoms with E-state index in [1.54, 1.807) is 18.2 Å². The summed E-state index contributed by atoms with van der Waals surface area (Å²) >= 11 is 0. The van der Waals surface area contributed by atoms with Gasteiger partial charge in [0.05, 0.1) is 18.8 Å². The summed E-state index contributed by atoms with van der Waals surface area (Å²) in [6, 6.07) is 14.5. The van der Waals surface area contributed by atoms with E-state index >= 15 is 0 Å². The van der Waals surface area contributed by atoms with Crippen LogP contribution in [0.2, 0.25) is 0 Å². The van der Waals surface area contributed by atoms with E-state index in [-0.39, 0.29) is 11.6 Å². The molecular weight excluding hydrogens is 342 g/mol. The van der Waals surface area contributed by atoms with Crippen LogP contribution in [0.1, 0.15) is 26.3 Å². The number of nitrogens with zero attached hydrogens (tertiary/aromatic N) is 1. The average molecular weight is 363 g/mol. The van der Waals surface area contributed by atoms with Crippen LogP contribution in [0.3, 0.4) is 0 Å². The fourth-order valence-electron chi connectivity index (χ4n) is 3.45. The van der Waals surface area contributed by atoms with E-state index in [0.29, 0.717) is 29.1 Å². The van der Waals surface area contributed by atoms with Gasteiger partial charge in [-0.1, -0.05) is 42.5 Å². The van der Waals surface area contributed by atoms with Gasteiger partial charge in [0.15, 0.2) is 11.6 Å². The highest BCUT2D eigenvalue weighted by atomic mass is 16.5. The lowest BCUT2D eigenvalue weighted by molar-refractivity contribution is 0.0322. The van der Waals surface area contributed by atoms with E-state index in [9.17, 15) is 9.59 Å². The van der Waals surface area contributed by atoms with Gasteiger partial charge in [0.25, 0.3) is 0 Å². The molecule has 1 heterocycles. The van der Waals surface area contributed by atoms with Gasteiger partial charge in [0, 0.05) is 30.8 Å². The van der Waals surface area contributed by atoms with Crippen LogP contribution >= 0.6 is 0 Å². The molecule has 27 heavy (non-hydrogen) atoms. The molecule has 2 aromatic rings. The molecule has 5 heteroatoms. The molecule has 0 N–H and O–H groups in total. The van der Waals surface area contributed by atoms with Crippen LogP contribution in [0, 0.1) is 0 Å². The first kappa shape index (κ1) is 17.6. The maximum Gasteiger partial charge on any atom is 0.194 e. The van der Waals surface area contributed by atoms with Crippen molar-refractivity contribution < 1.29 is 19.1 Å². The van der Waals surface area contributed by atoms with Crippen molar-refractivity contribution in [2.75, 3.05) is 39.5 Å². The van der Waals surface area contributed by atoms with Gasteiger partial charge in [0.1, 0.15) is 12.4 Å². The van der Waals surface area contributed by atoms with Gasteiger partial charge in [-0.25, -0.2) is 0 Å². The fraction of sp³-hybridized carbons (Fsp3) is 0.273. The van der Waals surface area contributed by atoms with Crippen molar-refractivity contribution >= 4 is 17.1 Å². The van der Waals surface area contributed by atoms with Crippen LogP contribution in [0.5, 0.6) is 5.75 Å². The number of allylic oxidation sites excluding steroid dienone is 2. The summed E-state index contributed by atoms with van der Waals surface area (Å²) in [5.74, 6) is 0.141. The maximum atomic E-state index is 12.9. The Morgan fingerprint density at radius 1 is 0.963 bits per heavy atom. The van der Waals surface area contributed by atoms with Crippen molar-refractivity contribution in [2.45, 2.75) is 0 Å². The summed E-state index contributed by atoms with van der Waals surface area (Å²) in [7, 11) is 0. The second-order valence-electron chi connectivity index (χ2n) is 6.60. The lowest BCUT2D eigenvalue weighted by Gasteiger charge is -2.26. The second-order valence-corrected chi connectivity index (χ2v) is 6.60. The fourth-order valence-corrected chi connectivity index (χ4v) is 3.45. The molecule has 1 aliphatic carbocycles. The number of Topliss-reactive ketones (excluding diaryl/α,β-unsaturated/α-hetero) is 1. The Bertz CT molecular complexity index is 882. The number of carbonyl (C=O) groups is 2. The third kappa shape index (κ3) is 3.70. The van der Waals surface area contributed by atoms with E-state index in [1.807, 2.05) is 30.3 Å². The summed E-state index contributed by atoms with van der Waals surface area (Å²) < 4.78 is 11.2. The van der Waals surface area contributed by atoms with Crippen LogP contribution < -0.4 is 4.74 Å². The van der Waals surface area contributed by atoms with Gasteiger partial charge < -0.3 is 9.47 Å². The number of carbonyl (C=O) groups excluding carboxylic acids is 2. The zero-order valence-corrected chi connectivity index (χ0v) is 15.0. The Labute approximate surface area is 158 Å². The minimum Gasteiger partial charge on any atom is -0.491 e. The van der Waals surface area contributed by atoms with Gasteiger partial charge in [-0.15, -0.1) is 0 Å². The van der Waals surface area contributed by atoms with E-state index in [0.717, 1.165) is 38.4 Å². The molecule has 0 saturated carbocycles. The molecule has 0 unspecified atom stereocenters. The average Bonchev–Trinajstić information content (AvgIpc) is 2.72. The highest BCUT2D eigenvalue weighted by Crippen LogP contribution is 2.32. The first-order valence-electron chi connectivity index (χ1n) is 9.16. The van der Waals surface area contributed by atoms with E-state index in [1.165, 1.54) is 6.08 Å². The molecule has 0 radical (unpaired) electrons. The van der Waals surface area contributed by atoms with Gasteiger partial charge in [-0.2, -0.15) is 0 Å². The van der Waals surface area contributed by atoms with Crippen LogP contribution in [0.4, 0.5) is 0 Å². The number of benzene rings is 2. The number of rotatable bonds is 5. The smallest absolute Gasteiger partial charge is 0.194 e. The molecule has 2 aliphatic rings. The normalized spacial score (nSPS) is 17.4. The quantitative estimate of drug-likeness (QED) is 0.818. The van der Waals surface area contributed by atoms with E-state index in [2.05, 4.69) is 4.90 Å². The Hall–Kier alpha value is -2.76. The SMILES string of the molecule is O=C1C(c2ccccc2)=CC(=O)c2c(OCCN3CCOCC3)cccc21. The zero-order chi connectivity index (χ0) is 18.6. The Kier molecular flexibility index (Phi) is 5.14. The molecule has 0 bridgehead atoms. The summed E-state index contributed by atoms with van der Waals surface area (Å²) in [4.78, 5) is 28.0. The molecule has 0 aromatic heterocycles. The number of morpholine rings is 1. The largest absolute Gasteiger partial charge is 0.491 e. The highest BCUT2D eigenvalue weighted by molar-refractivity contribution is 6.39. The summed E-state index contributed by atoms with van der Waals surface area (Å²) in [6.07, 6.45) is 1.43. The number of ether oxygens (including phenoxy) is 2. The molecule has 0 atom stereocenters. The van der Waals surface area contributed by atoms with E-state index < -0.39 is 0 Å². The first-order valence-corrected chi connectivity index (χ1v) is 9.16. The van der Waals surface area contributed by atoms with Crippen LogP contribution in [-0.4, -0.2) is 55.9 Å².